The monoisotopic (exact) mass is 129 g/mol. The molecule has 0 fully saturated rings. The molecule has 3 nitrogen and oxygen atoms in total. The molecular formula is C6H11NO2. The van der Waals surface area contributed by atoms with Crippen molar-refractivity contribution in [3.8, 4) is 0 Å². The molecule has 0 amide bonds. The maximum atomic E-state index is 10.5. The van der Waals surface area contributed by atoms with Crippen LogP contribution < -0.4 is 5.90 Å². The van der Waals surface area contributed by atoms with Crippen LogP contribution in [-0.2, 0) is 9.63 Å². The molecule has 0 aromatic rings. The SMILES string of the molecule is C=C(C(=O)ON)C(C)C. The molecule has 0 rings (SSSR count). The van der Waals surface area contributed by atoms with Crippen molar-refractivity contribution in [1.29, 1.82) is 0 Å². The van der Waals surface area contributed by atoms with E-state index >= 15 is 0 Å². The minimum absolute atomic E-state index is 0.0982. The third-order valence-corrected chi connectivity index (χ3v) is 1.07. The molecule has 0 spiro atoms. The Hall–Kier alpha value is -0.830. The van der Waals surface area contributed by atoms with E-state index in [1.54, 1.807) is 0 Å². The van der Waals surface area contributed by atoms with E-state index in [1.807, 2.05) is 13.8 Å². The first-order valence-corrected chi connectivity index (χ1v) is 2.69. The summed E-state index contributed by atoms with van der Waals surface area (Å²) in [5, 5.41) is 0. The second-order valence-electron chi connectivity index (χ2n) is 2.09. The molecule has 0 aliphatic rings. The molecule has 0 saturated heterocycles. The lowest BCUT2D eigenvalue weighted by atomic mass is 10.1. The van der Waals surface area contributed by atoms with E-state index in [4.69, 9.17) is 0 Å². The summed E-state index contributed by atoms with van der Waals surface area (Å²) < 4.78 is 0. The number of carbonyl (C=O) groups excluding carboxylic acids is 1. The lowest BCUT2D eigenvalue weighted by Gasteiger charge is -2.03. The summed E-state index contributed by atoms with van der Waals surface area (Å²) in [6, 6.07) is 0. The van der Waals surface area contributed by atoms with Crippen molar-refractivity contribution in [2.45, 2.75) is 13.8 Å². The van der Waals surface area contributed by atoms with Crippen molar-refractivity contribution in [3.05, 3.63) is 12.2 Å². The van der Waals surface area contributed by atoms with Gasteiger partial charge in [-0.05, 0) is 5.92 Å². The molecule has 0 aromatic carbocycles. The first kappa shape index (κ1) is 8.17. The second kappa shape index (κ2) is 3.25. The van der Waals surface area contributed by atoms with Gasteiger partial charge in [-0.2, -0.15) is 5.90 Å². The molecule has 0 aliphatic heterocycles. The number of hydrogen-bond acceptors (Lipinski definition) is 3. The van der Waals surface area contributed by atoms with Crippen molar-refractivity contribution in [1.82, 2.24) is 0 Å². The molecule has 0 heterocycles. The highest BCUT2D eigenvalue weighted by molar-refractivity contribution is 5.87. The smallest absolute Gasteiger partial charge is 0.352 e. The van der Waals surface area contributed by atoms with Crippen LogP contribution in [-0.4, -0.2) is 5.97 Å². The van der Waals surface area contributed by atoms with E-state index in [2.05, 4.69) is 17.3 Å². The van der Waals surface area contributed by atoms with Crippen LogP contribution in [0.2, 0.25) is 0 Å². The van der Waals surface area contributed by atoms with Crippen LogP contribution in [0.15, 0.2) is 12.2 Å². The predicted octanol–water partition coefficient (Wildman–Crippen LogP) is 0.615. The van der Waals surface area contributed by atoms with Gasteiger partial charge < -0.3 is 4.84 Å². The molecule has 9 heavy (non-hydrogen) atoms. The zero-order valence-electron chi connectivity index (χ0n) is 5.68. The van der Waals surface area contributed by atoms with Gasteiger partial charge in [0.2, 0.25) is 0 Å². The summed E-state index contributed by atoms with van der Waals surface area (Å²) >= 11 is 0. The second-order valence-corrected chi connectivity index (χ2v) is 2.09. The van der Waals surface area contributed by atoms with E-state index < -0.39 is 5.97 Å². The van der Waals surface area contributed by atoms with Gasteiger partial charge >= 0.3 is 5.97 Å². The van der Waals surface area contributed by atoms with Gasteiger partial charge in [0.15, 0.2) is 0 Å². The maximum absolute atomic E-state index is 10.5. The van der Waals surface area contributed by atoms with Gasteiger partial charge in [-0.15, -0.1) is 0 Å². The third kappa shape index (κ3) is 2.28. The van der Waals surface area contributed by atoms with E-state index in [-0.39, 0.29) is 5.92 Å². The topological polar surface area (TPSA) is 52.3 Å². The third-order valence-electron chi connectivity index (χ3n) is 1.07. The molecule has 0 radical (unpaired) electrons. The van der Waals surface area contributed by atoms with Crippen LogP contribution in [0.5, 0.6) is 0 Å². The summed E-state index contributed by atoms with van der Waals surface area (Å²) in [4.78, 5) is 14.4. The van der Waals surface area contributed by atoms with Crippen LogP contribution in [0.4, 0.5) is 0 Å². The molecule has 0 aliphatic carbocycles. The lowest BCUT2D eigenvalue weighted by molar-refractivity contribution is -0.140. The first-order valence-electron chi connectivity index (χ1n) is 2.69. The quantitative estimate of drug-likeness (QED) is 0.439. The van der Waals surface area contributed by atoms with Crippen LogP contribution in [0.3, 0.4) is 0 Å². The Morgan fingerprint density at radius 2 is 2.11 bits per heavy atom. The summed E-state index contributed by atoms with van der Waals surface area (Å²) in [6.07, 6.45) is 0. The van der Waals surface area contributed by atoms with Crippen LogP contribution in [0, 0.1) is 5.92 Å². The normalized spacial score (nSPS) is 9.33. The molecule has 0 aromatic heterocycles. The fraction of sp³-hybridized carbons (Fsp3) is 0.500. The Labute approximate surface area is 54.4 Å². The van der Waals surface area contributed by atoms with E-state index in [9.17, 15) is 4.79 Å². The fourth-order valence-corrected chi connectivity index (χ4v) is 0.311. The maximum Gasteiger partial charge on any atom is 0.352 e. The van der Waals surface area contributed by atoms with Crippen molar-refractivity contribution in [2.75, 3.05) is 0 Å². The fourth-order valence-electron chi connectivity index (χ4n) is 0.311. The lowest BCUT2D eigenvalue weighted by Crippen LogP contribution is -2.14. The average Bonchev–Trinajstić information content (AvgIpc) is 1.84. The summed E-state index contributed by atoms with van der Waals surface area (Å²) in [6.45, 7) is 7.16. The van der Waals surface area contributed by atoms with Crippen molar-refractivity contribution < 1.29 is 9.63 Å². The van der Waals surface area contributed by atoms with Gasteiger partial charge in [0, 0.05) is 5.57 Å². The van der Waals surface area contributed by atoms with Crippen molar-refractivity contribution in [2.24, 2.45) is 11.8 Å². The van der Waals surface area contributed by atoms with Gasteiger partial charge in [0.05, 0.1) is 0 Å². The molecule has 3 heteroatoms. The Balaban J connectivity index is 3.89. The minimum Gasteiger partial charge on any atom is -0.370 e. The molecule has 0 bridgehead atoms. The Kier molecular flexibility index (Phi) is 2.95. The molecule has 0 atom stereocenters. The molecular weight excluding hydrogens is 118 g/mol. The zero-order valence-corrected chi connectivity index (χ0v) is 5.68. The standard InChI is InChI=1S/C6H11NO2/c1-4(2)5(3)6(8)9-7/h4H,3,7H2,1-2H3. The molecule has 0 unspecified atom stereocenters. The van der Waals surface area contributed by atoms with E-state index in [0.717, 1.165) is 0 Å². The number of rotatable bonds is 2. The van der Waals surface area contributed by atoms with Gasteiger partial charge in [-0.3, -0.25) is 0 Å². The number of hydrogen-bond donors (Lipinski definition) is 1. The van der Waals surface area contributed by atoms with E-state index in [0.29, 0.717) is 5.57 Å². The van der Waals surface area contributed by atoms with Gasteiger partial charge in [0.25, 0.3) is 0 Å². The molecule has 0 saturated carbocycles. The number of carbonyl (C=O) groups is 1. The largest absolute Gasteiger partial charge is 0.370 e. The van der Waals surface area contributed by atoms with Gasteiger partial charge in [-0.1, -0.05) is 20.4 Å². The summed E-state index contributed by atoms with van der Waals surface area (Å²) in [5.41, 5.74) is 0.400. The average molecular weight is 129 g/mol. The Morgan fingerprint density at radius 3 is 2.22 bits per heavy atom. The van der Waals surface area contributed by atoms with Crippen LogP contribution >= 0.6 is 0 Å². The number of nitrogens with two attached hydrogens (primary N) is 1. The van der Waals surface area contributed by atoms with E-state index in [1.165, 1.54) is 0 Å². The summed E-state index contributed by atoms with van der Waals surface area (Å²) in [5.74, 6) is 4.16. The van der Waals surface area contributed by atoms with Crippen molar-refractivity contribution in [3.63, 3.8) is 0 Å². The predicted molar refractivity (Wildman–Crippen MR) is 34.3 cm³/mol. The zero-order chi connectivity index (χ0) is 7.44. The highest BCUT2D eigenvalue weighted by atomic mass is 16.7. The Morgan fingerprint density at radius 1 is 1.67 bits per heavy atom. The van der Waals surface area contributed by atoms with Gasteiger partial charge in [-0.25, -0.2) is 4.79 Å². The van der Waals surface area contributed by atoms with Crippen LogP contribution in [0.1, 0.15) is 13.8 Å². The van der Waals surface area contributed by atoms with Crippen molar-refractivity contribution >= 4 is 5.97 Å². The first-order chi connectivity index (χ1) is 4.09. The van der Waals surface area contributed by atoms with Gasteiger partial charge in [0.1, 0.15) is 0 Å². The molecule has 2 N–H and O–H groups in total. The molecule has 52 valence electrons. The highest BCUT2D eigenvalue weighted by Crippen LogP contribution is 2.06. The highest BCUT2D eigenvalue weighted by Gasteiger charge is 2.09. The summed E-state index contributed by atoms with van der Waals surface area (Å²) in [7, 11) is 0. The van der Waals surface area contributed by atoms with Crippen LogP contribution in [0.25, 0.3) is 0 Å². The minimum atomic E-state index is -0.537. The Bertz CT molecular complexity index is 129.